The van der Waals surface area contributed by atoms with Gasteiger partial charge >= 0.3 is 5.97 Å². The lowest BCUT2D eigenvalue weighted by atomic mass is 9.96. The Morgan fingerprint density at radius 2 is 2.00 bits per heavy atom. The molecule has 6 heteroatoms. The molecular weight excluding hydrogens is 294 g/mol. The fourth-order valence-corrected chi connectivity index (χ4v) is 2.33. The highest BCUT2D eigenvalue weighted by molar-refractivity contribution is 5.99. The molecule has 0 aromatic heterocycles. The first-order chi connectivity index (χ1) is 9.20. The number of likely N-dealkylation sites (tertiary alicyclic amines) is 1. The quantitative estimate of drug-likeness (QED) is 0.618. The highest BCUT2D eigenvalue weighted by Crippen LogP contribution is 2.17. The molecule has 0 amide bonds. The summed E-state index contributed by atoms with van der Waals surface area (Å²) in [4.78, 5) is 25.7. The van der Waals surface area contributed by atoms with E-state index in [1.165, 1.54) is 5.56 Å². The minimum absolute atomic E-state index is 0. The molecular formula is C15H22ClNO4. The van der Waals surface area contributed by atoms with E-state index >= 15 is 0 Å². The van der Waals surface area contributed by atoms with Gasteiger partial charge in [-0.05, 0) is 12.5 Å². The van der Waals surface area contributed by atoms with Gasteiger partial charge in [-0.15, -0.1) is 12.4 Å². The molecule has 1 unspecified atom stereocenters. The lowest BCUT2D eigenvalue weighted by Gasteiger charge is -2.30. The van der Waals surface area contributed by atoms with Crippen LogP contribution in [0.2, 0.25) is 0 Å². The number of esters is 1. The van der Waals surface area contributed by atoms with E-state index < -0.39 is 5.92 Å². The van der Waals surface area contributed by atoms with Crippen molar-refractivity contribution in [3.8, 4) is 0 Å². The number of hydrogen-bond acceptors (Lipinski definition) is 4. The first kappa shape index (κ1) is 19.6. The van der Waals surface area contributed by atoms with E-state index in [-0.39, 0.29) is 29.6 Å². The smallest absolute Gasteiger partial charge is 0.317 e. The second kappa shape index (κ2) is 9.50. The molecule has 1 aromatic rings. The molecule has 1 atom stereocenters. The molecule has 2 N–H and O–H groups in total. The summed E-state index contributed by atoms with van der Waals surface area (Å²) in [5.41, 5.74) is 1.19. The van der Waals surface area contributed by atoms with Crippen molar-refractivity contribution in [1.82, 2.24) is 4.90 Å². The van der Waals surface area contributed by atoms with Gasteiger partial charge in [-0.3, -0.25) is 14.5 Å². The number of ether oxygens (including phenoxy) is 1. The highest BCUT2D eigenvalue weighted by atomic mass is 35.5. The fraction of sp³-hybridized carbons (Fsp3) is 0.467. The SMILES string of the molecule is CCOC(=O)C1CN(Cc2ccccc2)CCC1=O.Cl.O. The monoisotopic (exact) mass is 315 g/mol. The topological polar surface area (TPSA) is 78.1 Å². The zero-order chi connectivity index (χ0) is 13.7. The Morgan fingerprint density at radius 1 is 1.33 bits per heavy atom. The number of carbonyl (C=O) groups is 2. The van der Waals surface area contributed by atoms with E-state index in [4.69, 9.17) is 4.74 Å². The lowest BCUT2D eigenvalue weighted by molar-refractivity contribution is -0.154. The van der Waals surface area contributed by atoms with Crippen molar-refractivity contribution in [1.29, 1.82) is 0 Å². The standard InChI is InChI=1S/C15H19NO3.ClH.H2O/c1-2-19-15(18)13-11-16(9-8-14(13)17)10-12-6-4-3-5-7-12;;/h3-7,13H,2,8-11H2,1H3;1H;1H2. The summed E-state index contributed by atoms with van der Waals surface area (Å²) in [7, 11) is 0. The maximum Gasteiger partial charge on any atom is 0.317 e. The van der Waals surface area contributed by atoms with Gasteiger partial charge in [-0.2, -0.15) is 0 Å². The number of halogens is 1. The highest BCUT2D eigenvalue weighted by Gasteiger charge is 2.33. The van der Waals surface area contributed by atoms with Gasteiger partial charge in [-0.1, -0.05) is 30.3 Å². The van der Waals surface area contributed by atoms with Crippen LogP contribution in [0.5, 0.6) is 0 Å². The zero-order valence-electron chi connectivity index (χ0n) is 12.1. The summed E-state index contributed by atoms with van der Waals surface area (Å²) in [5, 5.41) is 0. The van der Waals surface area contributed by atoms with Crippen molar-refractivity contribution >= 4 is 24.2 Å². The van der Waals surface area contributed by atoms with Gasteiger partial charge in [0.2, 0.25) is 0 Å². The van der Waals surface area contributed by atoms with Gasteiger partial charge in [-0.25, -0.2) is 0 Å². The molecule has 1 heterocycles. The van der Waals surface area contributed by atoms with Crippen LogP contribution in [0, 0.1) is 5.92 Å². The second-order valence-corrected chi connectivity index (χ2v) is 4.74. The van der Waals surface area contributed by atoms with Gasteiger partial charge in [0.05, 0.1) is 6.61 Å². The average Bonchev–Trinajstić information content (AvgIpc) is 2.42. The molecule has 1 fully saturated rings. The van der Waals surface area contributed by atoms with Crippen LogP contribution in [0.4, 0.5) is 0 Å². The van der Waals surface area contributed by atoms with Crippen LogP contribution < -0.4 is 0 Å². The number of rotatable bonds is 4. The van der Waals surface area contributed by atoms with Gasteiger partial charge in [0.25, 0.3) is 0 Å². The number of nitrogens with zero attached hydrogens (tertiary/aromatic N) is 1. The minimum atomic E-state index is -0.614. The first-order valence-electron chi connectivity index (χ1n) is 6.66. The molecule has 0 saturated carbocycles. The Kier molecular flexibility index (Phi) is 8.85. The Hall–Kier alpha value is -1.43. The number of carbonyl (C=O) groups excluding carboxylic acids is 2. The van der Waals surface area contributed by atoms with Crippen LogP contribution in [-0.2, 0) is 20.9 Å². The molecule has 0 bridgehead atoms. The van der Waals surface area contributed by atoms with Gasteiger partial charge in [0.1, 0.15) is 11.7 Å². The number of ketones is 1. The van der Waals surface area contributed by atoms with Crippen LogP contribution in [0.15, 0.2) is 30.3 Å². The van der Waals surface area contributed by atoms with Gasteiger partial charge < -0.3 is 10.2 Å². The maximum atomic E-state index is 11.8. The predicted molar refractivity (Wildman–Crippen MR) is 82.3 cm³/mol. The van der Waals surface area contributed by atoms with Crippen molar-refractivity contribution in [2.45, 2.75) is 19.9 Å². The fourth-order valence-electron chi connectivity index (χ4n) is 2.33. The van der Waals surface area contributed by atoms with E-state index in [2.05, 4.69) is 17.0 Å². The maximum absolute atomic E-state index is 11.8. The summed E-state index contributed by atoms with van der Waals surface area (Å²) in [5.74, 6) is -0.995. The molecule has 1 aromatic carbocycles. The second-order valence-electron chi connectivity index (χ2n) is 4.74. The third kappa shape index (κ3) is 5.46. The van der Waals surface area contributed by atoms with E-state index in [0.717, 1.165) is 6.54 Å². The van der Waals surface area contributed by atoms with E-state index in [1.807, 2.05) is 18.2 Å². The Labute approximate surface area is 131 Å². The van der Waals surface area contributed by atoms with Crippen LogP contribution in [0.1, 0.15) is 18.9 Å². The molecule has 0 radical (unpaired) electrons. The molecule has 1 aliphatic heterocycles. The van der Waals surface area contributed by atoms with Crippen molar-refractivity contribution in [2.75, 3.05) is 19.7 Å². The van der Waals surface area contributed by atoms with Gasteiger partial charge in [0, 0.05) is 26.1 Å². The van der Waals surface area contributed by atoms with E-state index in [9.17, 15) is 9.59 Å². The first-order valence-corrected chi connectivity index (χ1v) is 6.66. The van der Waals surface area contributed by atoms with Crippen LogP contribution in [0.3, 0.4) is 0 Å². The molecule has 21 heavy (non-hydrogen) atoms. The van der Waals surface area contributed by atoms with Crippen molar-refractivity contribution in [2.24, 2.45) is 5.92 Å². The van der Waals surface area contributed by atoms with Crippen LogP contribution >= 0.6 is 12.4 Å². The molecule has 1 saturated heterocycles. The predicted octanol–water partition coefficient (Wildman–Crippen LogP) is 1.24. The largest absolute Gasteiger partial charge is 0.465 e. The molecule has 0 spiro atoms. The summed E-state index contributed by atoms with van der Waals surface area (Å²) < 4.78 is 4.96. The van der Waals surface area contributed by atoms with Gasteiger partial charge in [0.15, 0.2) is 0 Å². The summed E-state index contributed by atoms with van der Waals surface area (Å²) >= 11 is 0. The average molecular weight is 316 g/mol. The Balaban J connectivity index is 0.00000200. The molecule has 5 nitrogen and oxygen atoms in total. The molecule has 1 aliphatic rings. The normalized spacial score (nSPS) is 18.3. The molecule has 118 valence electrons. The van der Waals surface area contributed by atoms with Crippen molar-refractivity contribution in [3.05, 3.63) is 35.9 Å². The third-order valence-electron chi connectivity index (χ3n) is 3.32. The van der Waals surface area contributed by atoms with Crippen LogP contribution in [0.25, 0.3) is 0 Å². The molecule has 2 rings (SSSR count). The minimum Gasteiger partial charge on any atom is -0.465 e. The number of benzene rings is 1. The summed E-state index contributed by atoms with van der Waals surface area (Å²) in [6.45, 7) is 4.02. The van der Waals surface area contributed by atoms with E-state index in [1.54, 1.807) is 6.92 Å². The number of piperidine rings is 1. The number of hydrogen-bond donors (Lipinski definition) is 0. The van der Waals surface area contributed by atoms with E-state index in [0.29, 0.717) is 26.1 Å². The Morgan fingerprint density at radius 3 is 2.62 bits per heavy atom. The van der Waals surface area contributed by atoms with Crippen molar-refractivity contribution < 1.29 is 19.8 Å². The van der Waals surface area contributed by atoms with Crippen molar-refractivity contribution in [3.63, 3.8) is 0 Å². The summed E-state index contributed by atoms with van der Waals surface area (Å²) in [6, 6.07) is 10.1. The zero-order valence-corrected chi connectivity index (χ0v) is 12.9. The third-order valence-corrected chi connectivity index (χ3v) is 3.32. The number of Topliss-reactive ketones (excluding diaryl/α,β-unsaturated/α-hetero) is 1. The lowest BCUT2D eigenvalue weighted by Crippen LogP contribution is -2.44. The Bertz CT molecular complexity index is 452. The van der Waals surface area contributed by atoms with Crippen LogP contribution in [-0.4, -0.2) is 41.8 Å². The molecule has 0 aliphatic carbocycles. The summed E-state index contributed by atoms with van der Waals surface area (Å²) in [6.07, 6.45) is 0.427.